The van der Waals surface area contributed by atoms with E-state index < -0.39 is 0 Å². The van der Waals surface area contributed by atoms with Crippen molar-refractivity contribution in [3.63, 3.8) is 0 Å². The molecule has 2 aromatic heterocycles. The van der Waals surface area contributed by atoms with Crippen LogP contribution in [0.5, 0.6) is 11.5 Å². The van der Waals surface area contributed by atoms with Crippen LogP contribution in [0, 0.1) is 0 Å². The third-order valence-corrected chi connectivity index (χ3v) is 5.97. The van der Waals surface area contributed by atoms with Gasteiger partial charge in [-0.25, -0.2) is 0 Å². The maximum Gasteiger partial charge on any atom is 0.231 e. The second kappa shape index (κ2) is 6.55. The standard InChI is InChI=1S/C19H19BrN4O2/c20-15-10-17-16(25-12-26-17)9-14(15)11-23-7-4-13(5-8-23)19-22-21-18-3-1-2-6-24(18)19/h1-3,6,9-10,13H,4-5,7-8,11-12H2. The van der Waals surface area contributed by atoms with Crippen molar-refractivity contribution in [2.45, 2.75) is 25.3 Å². The Balaban J connectivity index is 1.28. The lowest BCUT2D eigenvalue weighted by Gasteiger charge is -2.31. The van der Waals surface area contributed by atoms with E-state index in [1.807, 2.05) is 24.3 Å². The highest BCUT2D eigenvalue weighted by atomic mass is 79.9. The number of likely N-dealkylation sites (tertiary alicyclic amines) is 1. The lowest BCUT2D eigenvalue weighted by atomic mass is 9.95. The van der Waals surface area contributed by atoms with E-state index in [0.29, 0.717) is 12.7 Å². The molecule has 7 heteroatoms. The van der Waals surface area contributed by atoms with E-state index in [1.165, 1.54) is 5.56 Å². The Morgan fingerprint density at radius 3 is 2.73 bits per heavy atom. The zero-order valence-corrected chi connectivity index (χ0v) is 15.9. The molecular formula is C19H19BrN4O2. The van der Waals surface area contributed by atoms with Crippen molar-refractivity contribution in [1.82, 2.24) is 19.5 Å². The first-order valence-electron chi connectivity index (χ1n) is 8.88. The molecule has 0 bridgehead atoms. The monoisotopic (exact) mass is 414 g/mol. The van der Waals surface area contributed by atoms with Gasteiger partial charge in [0.25, 0.3) is 0 Å². The summed E-state index contributed by atoms with van der Waals surface area (Å²) < 4.78 is 14.1. The SMILES string of the molecule is Brc1cc2c(cc1CN1CCC(c3nnc4ccccn34)CC1)OCO2. The molecule has 5 rings (SSSR count). The Kier molecular flexibility index (Phi) is 4.05. The molecule has 0 aliphatic carbocycles. The molecule has 2 aliphatic heterocycles. The predicted molar refractivity (Wildman–Crippen MR) is 101 cm³/mol. The van der Waals surface area contributed by atoms with Crippen molar-refractivity contribution in [2.24, 2.45) is 0 Å². The Hall–Kier alpha value is -2.12. The number of rotatable bonds is 3. The van der Waals surface area contributed by atoms with Crippen molar-refractivity contribution >= 4 is 21.6 Å². The van der Waals surface area contributed by atoms with Crippen LogP contribution in [0.2, 0.25) is 0 Å². The molecule has 1 fully saturated rings. The number of hydrogen-bond donors (Lipinski definition) is 0. The second-order valence-corrected chi connectivity index (χ2v) is 7.69. The number of benzene rings is 1. The fourth-order valence-corrected chi connectivity index (χ4v) is 4.26. The molecule has 1 aromatic carbocycles. The van der Waals surface area contributed by atoms with Gasteiger partial charge in [-0.15, -0.1) is 10.2 Å². The predicted octanol–water partition coefficient (Wildman–Crippen LogP) is 3.60. The van der Waals surface area contributed by atoms with Gasteiger partial charge in [0.05, 0.1) is 0 Å². The van der Waals surface area contributed by atoms with Crippen LogP contribution < -0.4 is 9.47 Å². The van der Waals surface area contributed by atoms with Gasteiger partial charge in [0, 0.05) is 23.1 Å². The maximum atomic E-state index is 5.51. The first-order valence-corrected chi connectivity index (χ1v) is 9.67. The van der Waals surface area contributed by atoms with Crippen LogP contribution in [0.25, 0.3) is 5.65 Å². The molecule has 134 valence electrons. The third kappa shape index (κ3) is 2.85. The number of halogens is 1. The van der Waals surface area contributed by atoms with E-state index in [4.69, 9.17) is 9.47 Å². The minimum Gasteiger partial charge on any atom is -0.454 e. The fraction of sp³-hybridized carbons (Fsp3) is 0.368. The van der Waals surface area contributed by atoms with Crippen molar-refractivity contribution in [3.05, 3.63) is 52.4 Å². The summed E-state index contributed by atoms with van der Waals surface area (Å²) in [5.41, 5.74) is 2.16. The quantitative estimate of drug-likeness (QED) is 0.655. The largest absolute Gasteiger partial charge is 0.454 e. The van der Waals surface area contributed by atoms with Crippen LogP contribution in [0.1, 0.15) is 30.1 Å². The van der Waals surface area contributed by atoms with E-state index in [1.54, 1.807) is 0 Å². The first kappa shape index (κ1) is 16.1. The summed E-state index contributed by atoms with van der Waals surface area (Å²) in [4.78, 5) is 2.49. The van der Waals surface area contributed by atoms with Gasteiger partial charge in [-0.05, 0) is 55.8 Å². The minimum atomic E-state index is 0.308. The summed E-state index contributed by atoms with van der Waals surface area (Å²) in [5, 5.41) is 8.73. The molecule has 0 saturated carbocycles. The van der Waals surface area contributed by atoms with Gasteiger partial charge in [0.15, 0.2) is 17.1 Å². The van der Waals surface area contributed by atoms with Crippen LogP contribution >= 0.6 is 15.9 Å². The van der Waals surface area contributed by atoms with E-state index in [-0.39, 0.29) is 0 Å². The van der Waals surface area contributed by atoms with Crippen molar-refractivity contribution in [2.75, 3.05) is 19.9 Å². The maximum absolute atomic E-state index is 5.51. The van der Waals surface area contributed by atoms with Crippen LogP contribution in [-0.2, 0) is 6.54 Å². The Bertz CT molecular complexity index is 950. The third-order valence-electron chi connectivity index (χ3n) is 5.23. The Labute approximate surface area is 159 Å². The van der Waals surface area contributed by atoms with Crippen molar-refractivity contribution < 1.29 is 9.47 Å². The van der Waals surface area contributed by atoms with E-state index in [2.05, 4.69) is 47.7 Å². The van der Waals surface area contributed by atoms with Crippen LogP contribution in [0.4, 0.5) is 0 Å². The van der Waals surface area contributed by atoms with Crippen molar-refractivity contribution in [3.8, 4) is 11.5 Å². The molecule has 0 unspecified atom stereocenters. The van der Waals surface area contributed by atoms with Gasteiger partial charge in [0.1, 0.15) is 5.82 Å². The number of nitrogens with zero attached hydrogens (tertiary/aromatic N) is 4. The highest BCUT2D eigenvalue weighted by molar-refractivity contribution is 9.10. The molecule has 0 spiro atoms. The molecule has 0 atom stereocenters. The molecule has 3 aromatic rings. The summed E-state index contributed by atoms with van der Waals surface area (Å²) in [6.45, 7) is 3.31. The van der Waals surface area contributed by atoms with Gasteiger partial charge < -0.3 is 9.47 Å². The topological polar surface area (TPSA) is 51.9 Å². The second-order valence-electron chi connectivity index (χ2n) is 6.83. The van der Waals surface area contributed by atoms with Crippen molar-refractivity contribution in [1.29, 1.82) is 0 Å². The van der Waals surface area contributed by atoms with Crippen LogP contribution in [0.3, 0.4) is 0 Å². The van der Waals surface area contributed by atoms with Gasteiger partial charge >= 0.3 is 0 Å². The summed E-state index contributed by atoms with van der Waals surface area (Å²) in [6.07, 6.45) is 4.25. The van der Waals surface area contributed by atoms with Gasteiger partial charge in [-0.3, -0.25) is 9.30 Å². The summed E-state index contributed by atoms with van der Waals surface area (Å²) >= 11 is 3.66. The highest BCUT2D eigenvalue weighted by Gasteiger charge is 2.25. The fourth-order valence-electron chi connectivity index (χ4n) is 3.81. The summed E-state index contributed by atoms with van der Waals surface area (Å²) in [6, 6.07) is 10.1. The Morgan fingerprint density at radius 2 is 1.88 bits per heavy atom. The van der Waals surface area contributed by atoms with Crippen LogP contribution in [0.15, 0.2) is 41.0 Å². The number of ether oxygens (including phenoxy) is 2. The van der Waals surface area contributed by atoms with Gasteiger partial charge in [0.2, 0.25) is 6.79 Å². The van der Waals surface area contributed by atoms with E-state index in [9.17, 15) is 0 Å². The molecule has 26 heavy (non-hydrogen) atoms. The minimum absolute atomic E-state index is 0.308. The average molecular weight is 415 g/mol. The molecule has 4 heterocycles. The molecule has 0 N–H and O–H groups in total. The lowest BCUT2D eigenvalue weighted by molar-refractivity contribution is 0.173. The summed E-state index contributed by atoms with van der Waals surface area (Å²) in [5.74, 6) is 3.21. The number of fused-ring (bicyclic) bond motifs is 2. The van der Waals surface area contributed by atoms with E-state index in [0.717, 1.165) is 59.9 Å². The van der Waals surface area contributed by atoms with E-state index >= 15 is 0 Å². The van der Waals surface area contributed by atoms with Crippen LogP contribution in [-0.4, -0.2) is 39.4 Å². The molecule has 1 saturated heterocycles. The zero-order chi connectivity index (χ0) is 17.5. The molecule has 0 amide bonds. The molecule has 6 nitrogen and oxygen atoms in total. The van der Waals surface area contributed by atoms with Gasteiger partial charge in [-0.2, -0.15) is 0 Å². The summed E-state index contributed by atoms with van der Waals surface area (Å²) in [7, 11) is 0. The zero-order valence-electron chi connectivity index (χ0n) is 14.3. The number of aromatic nitrogens is 3. The first-order chi connectivity index (χ1) is 12.8. The number of pyridine rings is 1. The molecular weight excluding hydrogens is 396 g/mol. The average Bonchev–Trinajstić information content (AvgIpc) is 3.29. The highest BCUT2D eigenvalue weighted by Crippen LogP contribution is 2.38. The Morgan fingerprint density at radius 1 is 1.08 bits per heavy atom. The molecule has 2 aliphatic rings. The normalized spacial score (nSPS) is 17.9. The lowest BCUT2D eigenvalue weighted by Crippen LogP contribution is -2.33. The number of hydrogen-bond acceptors (Lipinski definition) is 5. The molecule has 0 radical (unpaired) electrons. The van der Waals surface area contributed by atoms with Gasteiger partial charge in [-0.1, -0.05) is 22.0 Å². The smallest absolute Gasteiger partial charge is 0.231 e. The number of piperidine rings is 1.